The van der Waals surface area contributed by atoms with E-state index < -0.39 is 5.97 Å². The van der Waals surface area contributed by atoms with E-state index >= 15 is 0 Å². The summed E-state index contributed by atoms with van der Waals surface area (Å²) in [6, 6.07) is 5.23. The van der Waals surface area contributed by atoms with Gasteiger partial charge in [-0.1, -0.05) is 6.07 Å². The SMILES string of the molecule is CN(CCC(=O)O)C(=O)NCc1ccc2c(c1)OCCCO2. The summed E-state index contributed by atoms with van der Waals surface area (Å²) in [5.41, 5.74) is 0.893. The van der Waals surface area contributed by atoms with E-state index in [2.05, 4.69) is 5.32 Å². The summed E-state index contributed by atoms with van der Waals surface area (Å²) in [7, 11) is 1.56. The molecule has 1 aliphatic rings. The summed E-state index contributed by atoms with van der Waals surface area (Å²) >= 11 is 0. The van der Waals surface area contributed by atoms with Gasteiger partial charge in [0, 0.05) is 26.6 Å². The van der Waals surface area contributed by atoms with Crippen molar-refractivity contribution < 1.29 is 24.2 Å². The van der Waals surface area contributed by atoms with Crippen molar-refractivity contribution >= 4 is 12.0 Å². The van der Waals surface area contributed by atoms with Gasteiger partial charge in [-0.2, -0.15) is 0 Å². The number of amides is 2. The normalized spacial score (nSPS) is 13.1. The van der Waals surface area contributed by atoms with E-state index in [4.69, 9.17) is 14.6 Å². The number of fused-ring (bicyclic) bond motifs is 1. The quantitative estimate of drug-likeness (QED) is 0.860. The Bertz CT molecular complexity index is 547. The first-order chi connectivity index (χ1) is 10.6. The Balaban J connectivity index is 1.87. The fraction of sp³-hybridized carbons (Fsp3) is 0.467. The number of nitrogens with zero attached hydrogens (tertiary/aromatic N) is 1. The number of carbonyl (C=O) groups excluding carboxylic acids is 1. The molecular weight excluding hydrogens is 288 g/mol. The number of benzene rings is 1. The van der Waals surface area contributed by atoms with E-state index in [1.54, 1.807) is 7.05 Å². The van der Waals surface area contributed by atoms with Crippen molar-refractivity contribution in [2.75, 3.05) is 26.8 Å². The highest BCUT2D eigenvalue weighted by Gasteiger charge is 2.12. The number of carboxylic acids is 1. The van der Waals surface area contributed by atoms with Crippen LogP contribution >= 0.6 is 0 Å². The van der Waals surface area contributed by atoms with Crippen LogP contribution in [0.5, 0.6) is 11.5 Å². The molecule has 0 spiro atoms. The third-order valence-corrected chi connectivity index (χ3v) is 3.26. The maximum absolute atomic E-state index is 11.8. The summed E-state index contributed by atoms with van der Waals surface area (Å²) < 4.78 is 11.1. The molecule has 0 atom stereocenters. The van der Waals surface area contributed by atoms with E-state index in [1.807, 2.05) is 18.2 Å². The van der Waals surface area contributed by atoms with Crippen molar-refractivity contribution in [3.8, 4) is 11.5 Å². The van der Waals surface area contributed by atoms with Gasteiger partial charge < -0.3 is 24.8 Å². The molecule has 2 amide bonds. The van der Waals surface area contributed by atoms with Crippen LogP contribution in [0.15, 0.2) is 18.2 Å². The molecule has 0 fully saturated rings. The second-order valence-electron chi connectivity index (χ2n) is 5.06. The molecule has 2 N–H and O–H groups in total. The lowest BCUT2D eigenvalue weighted by Gasteiger charge is -2.17. The predicted molar refractivity (Wildman–Crippen MR) is 79.2 cm³/mol. The van der Waals surface area contributed by atoms with E-state index in [0.29, 0.717) is 31.3 Å². The number of ether oxygens (including phenoxy) is 2. The molecule has 1 aromatic carbocycles. The zero-order valence-electron chi connectivity index (χ0n) is 12.5. The third kappa shape index (κ3) is 4.54. The second kappa shape index (κ2) is 7.53. The summed E-state index contributed by atoms with van der Waals surface area (Å²) in [4.78, 5) is 23.7. The highest BCUT2D eigenvalue weighted by Crippen LogP contribution is 2.30. The Kier molecular flexibility index (Phi) is 5.46. The molecule has 1 aliphatic heterocycles. The first-order valence-electron chi connectivity index (χ1n) is 7.15. The van der Waals surface area contributed by atoms with Crippen molar-refractivity contribution in [2.45, 2.75) is 19.4 Å². The Morgan fingerprint density at radius 3 is 2.73 bits per heavy atom. The van der Waals surface area contributed by atoms with Gasteiger partial charge in [0.25, 0.3) is 0 Å². The van der Waals surface area contributed by atoms with Gasteiger partial charge in [0.1, 0.15) is 0 Å². The van der Waals surface area contributed by atoms with Crippen LogP contribution in [0.1, 0.15) is 18.4 Å². The predicted octanol–water partition coefficient (Wildman–Crippen LogP) is 1.46. The van der Waals surface area contributed by atoms with E-state index in [9.17, 15) is 9.59 Å². The minimum Gasteiger partial charge on any atom is -0.490 e. The zero-order valence-corrected chi connectivity index (χ0v) is 12.5. The maximum atomic E-state index is 11.8. The van der Waals surface area contributed by atoms with Crippen LogP contribution in [0.2, 0.25) is 0 Å². The topological polar surface area (TPSA) is 88.1 Å². The molecule has 1 heterocycles. The second-order valence-corrected chi connectivity index (χ2v) is 5.06. The molecular formula is C15H20N2O5. The minimum atomic E-state index is -0.928. The van der Waals surface area contributed by atoms with Crippen molar-refractivity contribution in [3.05, 3.63) is 23.8 Å². The minimum absolute atomic E-state index is 0.0755. The fourth-order valence-electron chi connectivity index (χ4n) is 2.00. The Hall–Kier alpha value is -2.44. The number of carboxylic acid groups (broad SMARTS) is 1. The Morgan fingerprint density at radius 2 is 2.00 bits per heavy atom. The van der Waals surface area contributed by atoms with Crippen molar-refractivity contribution in [2.24, 2.45) is 0 Å². The van der Waals surface area contributed by atoms with Gasteiger partial charge in [-0.05, 0) is 17.7 Å². The molecule has 7 nitrogen and oxygen atoms in total. The fourth-order valence-corrected chi connectivity index (χ4v) is 2.00. The van der Waals surface area contributed by atoms with Crippen molar-refractivity contribution in [1.29, 1.82) is 0 Å². The Labute approximate surface area is 128 Å². The number of hydrogen-bond acceptors (Lipinski definition) is 4. The van der Waals surface area contributed by atoms with Gasteiger partial charge in [0.2, 0.25) is 0 Å². The van der Waals surface area contributed by atoms with Crippen LogP contribution in [-0.4, -0.2) is 48.8 Å². The lowest BCUT2D eigenvalue weighted by atomic mass is 10.2. The lowest BCUT2D eigenvalue weighted by Crippen LogP contribution is -2.37. The molecule has 7 heteroatoms. The molecule has 120 valence electrons. The summed E-state index contributed by atoms with van der Waals surface area (Å²) in [5.74, 6) is 0.470. The first-order valence-corrected chi connectivity index (χ1v) is 7.15. The van der Waals surface area contributed by atoms with Crippen LogP contribution in [-0.2, 0) is 11.3 Å². The molecule has 0 saturated heterocycles. The average molecular weight is 308 g/mol. The van der Waals surface area contributed by atoms with Gasteiger partial charge in [0.05, 0.1) is 19.6 Å². The van der Waals surface area contributed by atoms with Gasteiger partial charge in [-0.3, -0.25) is 4.79 Å². The summed E-state index contributed by atoms with van der Waals surface area (Å²) in [6.45, 7) is 1.76. The number of nitrogens with one attached hydrogen (secondary N) is 1. The van der Waals surface area contributed by atoms with Gasteiger partial charge in [-0.15, -0.1) is 0 Å². The summed E-state index contributed by atoms with van der Waals surface area (Å²) in [6.07, 6.45) is 0.767. The molecule has 0 saturated carbocycles. The van der Waals surface area contributed by atoms with E-state index in [1.165, 1.54) is 4.90 Å². The number of hydrogen-bond donors (Lipinski definition) is 2. The lowest BCUT2D eigenvalue weighted by molar-refractivity contribution is -0.137. The molecule has 22 heavy (non-hydrogen) atoms. The van der Waals surface area contributed by atoms with Crippen LogP contribution in [0, 0.1) is 0 Å². The highest BCUT2D eigenvalue weighted by molar-refractivity contribution is 5.75. The number of urea groups is 1. The molecule has 1 aromatic rings. The van der Waals surface area contributed by atoms with E-state index in [0.717, 1.165) is 12.0 Å². The zero-order chi connectivity index (χ0) is 15.9. The van der Waals surface area contributed by atoms with Crippen molar-refractivity contribution in [1.82, 2.24) is 10.2 Å². The van der Waals surface area contributed by atoms with Crippen LogP contribution < -0.4 is 14.8 Å². The van der Waals surface area contributed by atoms with Gasteiger partial charge >= 0.3 is 12.0 Å². The molecule has 0 radical (unpaired) electrons. The van der Waals surface area contributed by atoms with Crippen molar-refractivity contribution in [3.63, 3.8) is 0 Å². The van der Waals surface area contributed by atoms with E-state index in [-0.39, 0.29) is 19.0 Å². The number of rotatable bonds is 5. The molecule has 2 rings (SSSR count). The van der Waals surface area contributed by atoms with Gasteiger partial charge in [-0.25, -0.2) is 4.79 Å². The largest absolute Gasteiger partial charge is 0.490 e. The average Bonchev–Trinajstić information content (AvgIpc) is 2.74. The monoisotopic (exact) mass is 308 g/mol. The maximum Gasteiger partial charge on any atom is 0.317 e. The number of aliphatic carboxylic acids is 1. The van der Waals surface area contributed by atoms with Crippen LogP contribution in [0.3, 0.4) is 0 Å². The molecule has 0 bridgehead atoms. The number of carbonyl (C=O) groups is 2. The smallest absolute Gasteiger partial charge is 0.317 e. The van der Waals surface area contributed by atoms with Crippen LogP contribution in [0.4, 0.5) is 4.79 Å². The standard InChI is InChI=1S/C15H20N2O5/c1-17(6-5-14(18)19)15(20)16-10-11-3-4-12-13(9-11)22-8-2-7-21-12/h3-4,9H,2,5-8,10H2,1H3,(H,16,20)(H,18,19). The summed E-state index contributed by atoms with van der Waals surface area (Å²) in [5, 5.41) is 11.3. The van der Waals surface area contributed by atoms with Crippen LogP contribution in [0.25, 0.3) is 0 Å². The highest BCUT2D eigenvalue weighted by atomic mass is 16.5. The first kappa shape index (κ1) is 15.9. The molecule has 0 aromatic heterocycles. The molecule has 0 aliphatic carbocycles. The van der Waals surface area contributed by atoms with Gasteiger partial charge in [0.15, 0.2) is 11.5 Å². The third-order valence-electron chi connectivity index (χ3n) is 3.26. The Morgan fingerprint density at radius 1 is 1.27 bits per heavy atom. The molecule has 0 unspecified atom stereocenters.